The van der Waals surface area contributed by atoms with E-state index in [1.54, 1.807) is 0 Å². The van der Waals surface area contributed by atoms with E-state index in [9.17, 15) is 14.4 Å². The lowest BCUT2D eigenvalue weighted by Crippen LogP contribution is -2.29. The third kappa shape index (κ3) is 19.3. The molecule has 7 heteroatoms. The normalized spacial score (nSPS) is 14.2. The molecule has 0 rings (SSSR count). The van der Waals surface area contributed by atoms with Gasteiger partial charge in [0, 0.05) is 6.42 Å². The standard InChI is InChI=1S/C28H53NO6/c1-26(2,3)33-23(30)19-13-12-17-21(24(31)34-27(4,5)6)15-10-11-16-22(18-14-20-29)25(32)35-28(7,8)9/h21-22H,10-20,29H2,1-9H3. The van der Waals surface area contributed by atoms with Crippen molar-refractivity contribution in [3.63, 3.8) is 0 Å². The number of carbonyl (C=O) groups excluding carboxylic acids is 3. The number of ether oxygens (including phenoxy) is 3. The van der Waals surface area contributed by atoms with Gasteiger partial charge in [-0.1, -0.05) is 19.3 Å². The van der Waals surface area contributed by atoms with Crippen LogP contribution in [0.5, 0.6) is 0 Å². The minimum Gasteiger partial charge on any atom is -0.460 e. The van der Waals surface area contributed by atoms with Gasteiger partial charge >= 0.3 is 17.9 Å². The molecule has 0 spiro atoms. The van der Waals surface area contributed by atoms with E-state index < -0.39 is 16.8 Å². The van der Waals surface area contributed by atoms with Crippen molar-refractivity contribution in [3.05, 3.63) is 0 Å². The van der Waals surface area contributed by atoms with Gasteiger partial charge in [-0.05, 0) is 107 Å². The summed E-state index contributed by atoms with van der Waals surface area (Å²) in [6, 6.07) is 0. The fraction of sp³-hybridized carbons (Fsp3) is 0.893. The molecule has 0 aromatic carbocycles. The molecule has 7 nitrogen and oxygen atoms in total. The Morgan fingerprint density at radius 1 is 0.571 bits per heavy atom. The molecule has 0 saturated carbocycles. The lowest BCUT2D eigenvalue weighted by molar-refractivity contribution is -0.162. The Balaban J connectivity index is 4.82. The Bertz CT molecular complexity index is 639. The lowest BCUT2D eigenvalue weighted by atomic mass is 9.91. The summed E-state index contributed by atoms with van der Waals surface area (Å²) in [7, 11) is 0. The smallest absolute Gasteiger partial charge is 0.309 e. The summed E-state index contributed by atoms with van der Waals surface area (Å²) in [6.45, 7) is 17.3. The second-order valence-electron chi connectivity index (χ2n) is 12.5. The first kappa shape index (κ1) is 33.4. The topological polar surface area (TPSA) is 105 Å². The minimum absolute atomic E-state index is 0.170. The number of hydrogen-bond donors (Lipinski definition) is 1. The number of esters is 3. The molecule has 2 unspecified atom stereocenters. The van der Waals surface area contributed by atoms with Crippen LogP contribution < -0.4 is 5.73 Å². The predicted octanol–water partition coefficient (Wildman–Crippen LogP) is 6.10. The molecule has 0 bridgehead atoms. The minimum atomic E-state index is -0.546. The second kappa shape index (κ2) is 15.5. The first-order valence-electron chi connectivity index (χ1n) is 13.3. The molecule has 2 N–H and O–H groups in total. The van der Waals surface area contributed by atoms with Crippen molar-refractivity contribution >= 4 is 17.9 Å². The quantitative estimate of drug-likeness (QED) is 0.165. The van der Waals surface area contributed by atoms with E-state index in [1.165, 1.54) is 0 Å². The van der Waals surface area contributed by atoms with Gasteiger partial charge in [0.15, 0.2) is 0 Å². The molecule has 0 aliphatic carbocycles. The average Bonchev–Trinajstić information content (AvgIpc) is 2.64. The van der Waals surface area contributed by atoms with Crippen LogP contribution in [0.1, 0.15) is 127 Å². The highest BCUT2D eigenvalue weighted by Gasteiger charge is 2.27. The first-order chi connectivity index (χ1) is 15.9. The zero-order chi connectivity index (χ0) is 27.3. The van der Waals surface area contributed by atoms with Crippen molar-refractivity contribution in [1.82, 2.24) is 0 Å². The monoisotopic (exact) mass is 499 g/mol. The maximum atomic E-state index is 12.8. The Kier molecular flexibility index (Phi) is 14.8. The van der Waals surface area contributed by atoms with Gasteiger partial charge in [0.05, 0.1) is 11.8 Å². The summed E-state index contributed by atoms with van der Waals surface area (Å²) in [6.07, 6.45) is 6.98. The largest absolute Gasteiger partial charge is 0.460 e. The molecule has 206 valence electrons. The summed E-state index contributed by atoms with van der Waals surface area (Å²) in [4.78, 5) is 37.4. The van der Waals surface area contributed by atoms with E-state index in [1.807, 2.05) is 62.3 Å². The maximum absolute atomic E-state index is 12.8. The van der Waals surface area contributed by atoms with Gasteiger partial charge in [0.25, 0.3) is 0 Å². The Hall–Kier alpha value is -1.63. The summed E-state index contributed by atoms with van der Waals surface area (Å²) in [5.41, 5.74) is 4.11. The third-order valence-electron chi connectivity index (χ3n) is 5.20. The SMILES string of the molecule is CC(C)(C)OC(=O)CCCCC(CCCCC(CCCN)C(=O)OC(C)(C)C)C(=O)OC(C)(C)C. The van der Waals surface area contributed by atoms with Crippen LogP contribution in [0.4, 0.5) is 0 Å². The molecular weight excluding hydrogens is 446 g/mol. The zero-order valence-corrected chi connectivity index (χ0v) is 24.0. The van der Waals surface area contributed by atoms with Gasteiger partial charge in [-0.2, -0.15) is 0 Å². The van der Waals surface area contributed by atoms with E-state index in [0.717, 1.165) is 25.7 Å². The summed E-state index contributed by atoms with van der Waals surface area (Å²) in [5, 5.41) is 0. The predicted molar refractivity (Wildman–Crippen MR) is 140 cm³/mol. The highest BCUT2D eigenvalue weighted by molar-refractivity contribution is 5.73. The number of hydrogen-bond acceptors (Lipinski definition) is 7. The van der Waals surface area contributed by atoms with Gasteiger partial charge in [-0.3, -0.25) is 14.4 Å². The van der Waals surface area contributed by atoms with E-state index in [-0.39, 0.29) is 29.7 Å². The fourth-order valence-electron chi connectivity index (χ4n) is 3.73. The van der Waals surface area contributed by atoms with Gasteiger partial charge in [-0.15, -0.1) is 0 Å². The molecule has 0 aliphatic rings. The van der Waals surface area contributed by atoms with Crippen molar-refractivity contribution in [1.29, 1.82) is 0 Å². The maximum Gasteiger partial charge on any atom is 0.309 e. The van der Waals surface area contributed by atoms with Crippen LogP contribution >= 0.6 is 0 Å². The van der Waals surface area contributed by atoms with Crippen LogP contribution in [0, 0.1) is 11.8 Å². The van der Waals surface area contributed by atoms with Crippen LogP contribution in [0.25, 0.3) is 0 Å². The van der Waals surface area contributed by atoms with Crippen molar-refractivity contribution in [2.45, 2.75) is 143 Å². The molecule has 0 aromatic heterocycles. The summed E-state index contributed by atoms with van der Waals surface area (Å²) < 4.78 is 16.6. The van der Waals surface area contributed by atoms with Gasteiger partial charge < -0.3 is 19.9 Å². The van der Waals surface area contributed by atoms with Crippen LogP contribution in [-0.4, -0.2) is 41.3 Å². The van der Waals surface area contributed by atoms with Crippen molar-refractivity contribution in [2.24, 2.45) is 17.6 Å². The highest BCUT2D eigenvalue weighted by atomic mass is 16.6. The van der Waals surface area contributed by atoms with Gasteiger partial charge in [0.2, 0.25) is 0 Å². The van der Waals surface area contributed by atoms with E-state index >= 15 is 0 Å². The Labute approximate surface area is 214 Å². The molecule has 0 heterocycles. The Morgan fingerprint density at radius 3 is 1.26 bits per heavy atom. The molecule has 0 saturated heterocycles. The number of carbonyl (C=O) groups is 3. The molecule has 0 radical (unpaired) electrons. The number of rotatable bonds is 15. The number of unbranched alkanes of at least 4 members (excludes halogenated alkanes) is 2. The molecule has 2 atom stereocenters. The lowest BCUT2D eigenvalue weighted by Gasteiger charge is -2.25. The summed E-state index contributed by atoms with van der Waals surface area (Å²) >= 11 is 0. The number of nitrogens with two attached hydrogens (primary N) is 1. The second-order valence-corrected chi connectivity index (χ2v) is 12.5. The van der Waals surface area contributed by atoms with Gasteiger partial charge in [-0.25, -0.2) is 0 Å². The van der Waals surface area contributed by atoms with E-state index in [4.69, 9.17) is 19.9 Å². The van der Waals surface area contributed by atoms with Crippen molar-refractivity contribution in [3.8, 4) is 0 Å². The molecule has 0 fully saturated rings. The van der Waals surface area contributed by atoms with Crippen LogP contribution in [0.3, 0.4) is 0 Å². The van der Waals surface area contributed by atoms with Crippen LogP contribution in [0.2, 0.25) is 0 Å². The summed E-state index contributed by atoms with van der Waals surface area (Å²) in [5.74, 6) is -0.973. The molecular formula is C28H53NO6. The van der Waals surface area contributed by atoms with Crippen molar-refractivity contribution in [2.75, 3.05) is 6.54 Å². The molecule has 0 aliphatic heterocycles. The average molecular weight is 500 g/mol. The van der Waals surface area contributed by atoms with Crippen molar-refractivity contribution < 1.29 is 28.6 Å². The first-order valence-corrected chi connectivity index (χ1v) is 13.3. The zero-order valence-electron chi connectivity index (χ0n) is 24.0. The van der Waals surface area contributed by atoms with Crippen LogP contribution in [-0.2, 0) is 28.6 Å². The fourth-order valence-corrected chi connectivity index (χ4v) is 3.73. The van der Waals surface area contributed by atoms with E-state index in [2.05, 4.69) is 0 Å². The van der Waals surface area contributed by atoms with Gasteiger partial charge in [0.1, 0.15) is 16.8 Å². The third-order valence-corrected chi connectivity index (χ3v) is 5.20. The van der Waals surface area contributed by atoms with E-state index in [0.29, 0.717) is 45.1 Å². The Morgan fingerprint density at radius 2 is 0.914 bits per heavy atom. The highest BCUT2D eigenvalue weighted by Crippen LogP contribution is 2.25. The molecule has 0 aromatic rings. The molecule has 35 heavy (non-hydrogen) atoms. The van der Waals surface area contributed by atoms with Crippen LogP contribution in [0.15, 0.2) is 0 Å². The molecule has 0 amide bonds.